The maximum absolute atomic E-state index is 9.71. The van der Waals surface area contributed by atoms with Crippen molar-refractivity contribution in [1.29, 1.82) is 0 Å². The Bertz CT molecular complexity index is 371. The summed E-state index contributed by atoms with van der Waals surface area (Å²) in [5.41, 5.74) is 0.922. The molecule has 0 saturated heterocycles. The lowest BCUT2D eigenvalue weighted by Gasteiger charge is -2.15. The molecular weight excluding hydrogens is 298 g/mol. The van der Waals surface area contributed by atoms with E-state index in [1.165, 1.54) is 0 Å². The molecule has 1 unspecified atom stereocenters. The molecule has 4 nitrogen and oxygen atoms in total. The lowest BCUT2D eigenvalue weighted by Crippen LogP contribution is -2.26. The molecule has 1 atom stereocenters. The molecule has 0 radical (unpaired) electrons. The summed E-state index contributed by atoms with van der Waals surface area (Å²) >= 11 is 3.41. The number of aliphatic hydroxyl groups is 1. The van der Waals surface area contributed by atoms with Gasteiger partial charge in [0.1, 0.15) is 5.75 Å². The van der Waals surface area contributed by atoms with Crippen molar-refractivity contribution in [2.45, 2.75) is 26.1 Å². The fourth-order valence-electron chi connectivity index (χ4n) is 1.37. The Labute approximate surface area is 116 Å². The van der Waals surface area contributed by atoms with E-state index in [2.05, 4.69) is 21.2 Å². The quantitative estimate of drug-likeness (QED) is 0.811. The molecule has 0 aromatic heterocycles. The van der Waals surface area contributed by atoms with Crippen LogP contribution in [0.5, 0.6) is 5.75 Å². The minimum atomic E-state index is -0.520. The fraction of sp³-hybridized carbons (Fsp3) is 0.538. The first-order chi connectivity index (χ1) is 8.52. The van der Waals surface area contributed by atoms with Crippen molar-refractivity contribution in [1.82, 2.24) is 0 Å². The average Bonchev–Trinajstić information content (AvgIpc) is 2.34. The normalized spacial score (nSPS) is 12.6. The zero-order valence-electron chi connectivity index (χ0n) is 10.9. The van der Waals surface area contributed by atoms with Crippen molar-refractivity contribution in [3.8, 4) is 5.75 Å². The number of hydrogen-bond donors (Lipinski definition) is 2. The van der Waals surface area contributed by atoms with E-state index in [1.54, 1.807) is 7.11 Å². The lowest BCUT2D eigenvalue weighted by molar-refractivity contribution is 0.0112. The summed E-state index contributed by atoms with van der Waals surface area (Å²) in [6, 6.07) is 5.68. The molecule has 1 rings (SSSR count). The SMILES string of the molecule is COc1ccc(NCC(O)COC(C)C)cc1Br. The third-order valence-electron chi connectivity index (χ3n) is 2.32. The molecule has 0 spiro atoms. The van der Waals surface area contributed by atoms with Gasteiger partial charge in [-0.25, -0.2) is 0 Å². The van der Waals surface area contributed by atoms with E-state index in [1.807, 2.05) is 32.0 Å². The van der Waals surface area contributed by atoms with Gasteiger partial charge in [-0.15, -0.1) is 0 Å². The highest BCUT2D eigenvalue weighted by Crippen LogP contribution is 2.27. The number of methoxy groups -OCH3 is 1. The van der Waals surface area contributed by atoms with Gasteiger partial charge in [0, 0.05) is 12.2 Å². The van der Waals surface area contributed by atoms with Crippen molar-refractivity contribution in [3.05, 3.63) is 22.7 Å². The minimum absolute atomic E-state index is 0.134. The molecule has 0 saturated carbocycles. The third-order valence-corrected chi connectivity index (χ3v) is 2.94. The molecule has 0 aliphatic heterocycles. The number of aliphatic hydroxyl groups excluding tert-OH is 1. The van der Waals surface area contributed by atoms with E-state index in [0.29, 0.717) is 13.2 Å². The van der Waals surface area contributed by atoms with Gasteiger partial charge in [-0.1, -0.05) is 0 Å². The molecule has 0 bridgehead atoms. The van der Waals surface area contributed by atoms with E-state index in [4.69, 9.17) is 9.47 Å². The highest BCUT2D eigenvalue weighted by Gasteiger charge is 2.06. The molecule has 1 aromatic carbocycles. The molecule has 2 N–H and O–H groups in total. The summed E-state index contributed by atoms with van der Waals surface area (Å²) in [4.78, 5) is 0. The van der Waals surface area contributed by atoms with Crippen LogP contribution in [-0.4, -0.2) is 37.6 Å². The molecule has 18 heavy (non-hydrogen) atoms. The van der Waals surface area contributed by atoms with Crippen molar-refractivity contribution in [3.63, 3.8) is 0 Å². The fourth-order valence-corrected chi connectivity index (χ4v) is 1.92. The average molecular weight is 318 g/mol. The molecule has 0 heterocycles. The van der Waals surface area contributed by atoms with Gasteiger partial charge in [0.15, 0.2) is 0 Å². The number of halogens is 1. The molecular formula is C13H20BrNO3. The van der Waals surface area contributed by atoms with E-state index in [9.17, 15) is 5.11 Å². The van der Waals surface area contributed by atoms with E-state index >= 15 is 0 Å². The predicted octanol–water partition coefficient (Wildman–Crippen LogP) is 2.66. The Morgan fingerprint density at radius 1 is 1.39 bits per heavy atom. The first-order valence-corrected chi connectivity index (χ1v) is 6.69. The highest BCUT2D eigenvalue weighted by molar-refractivity contribution is 9.10. The second-order valence-corrected chi connectivity index (χ2v) is 5.12. The smallest absolute Gasteiger partial charge is 0.133 e. The maximum atomic E-state index is 9.71. The Kier molecular flexibility index (Phi) is 6.46. The molecule has 0 fully saturated rings. The van der Waals surface area contributed by atoms with Crippen molar-refractivity contribution >= 4 is 21.6 Å². The topological polar surface area (TPSA) is 50.7 Å². The molecule has 0 aliphatic rings. The number of hydrogen-bond acceptors (Lipinski definition) is 4. The lowest BCUT2D eigenvalue weighted by atomic mass is 10.3. The molecule has 102 valence electrons. The number of anilines is 1. The summed E-state index contributed by atoms with van der Waals surface area (Å²) in [5, 5.41) is 12.9. The summed E-state index contributed by atoms with van der Waals surface area (Å²) in [5.74, 6) is 0.782. The van der Waals surface area contributed by atoms with Crippen LogP contribution in [0.3, 0.4) is 0 Å². The number of ether oxygens (including phenoxy) is 2. The predicted molar refractivity (Wildman–Crippen MR) is 76.3 cm³/mol. The van der Waals surface area contributed by atoms with Crippen molar-refractivity contribution in [2.75, 3.05) is 25.6 Å². The molecule has 5 heteroatoms. The van der Waals surface area contributed by atoms with Crippen LogP contribution in [0.2, 0.25) is 0 Å². The first-order valence-electron chi connectivity index (χ1n) is 5.90. The zero-order chi connectivity index (χ0) is 13.5. The van der Waals surface area contributed by atoms with Gasteiger partial charge in [-0.2, -0.15) is 0 Å². The van der Waals surface area contributed by atoms with E-state index in [-0.39, 0.29) is 6.10 Å². The van der Waals surface area contributed by atoms with Crippen LogP contribution in [0.4, 0.5) is 5.69 Å². The largest absolute Gasteiger partial charge is 0.496 e. The Morgan fingerprint density at radius 2 is 2.11 bits per heavy atom. The summed E-state index contributed by atoms with van der Waals surface area (Å²) in [6.07, 6.45) is -0.386. The van der Waals surface area contributed by atoms with Crippen molar-refractivity contribution in [2.24, 2.45) is 0 Å². The van der Waals surface area contributed by atoms with Crippen LogP contribution < -0.4 is 10.1 Å². The van der Waals surface area contributed by atoms with Gasteiger partial charge < -0.3 is 19.9 Å². The van der Waals surface area contributed by atoms with Crippen LogP contribution in [0.15, 0.2) is 22.7 Å². The Hall–Kier alpha value is -0.780. The van der Waals surface area contributed by atoms with Crippen molar-refractivity contribution < 1.29 is 14.6 Å². The van der Waals surface area contributed by atoms with Crippen LogP contribution in [0.1, 0.15) is 13.8 Å². The van der Waals surface area contributed by atoms with Gasteiger partial charge >= 0.3 is 0 Å². The first kappa shape index (κ1) is 15.3. The van der Waals surface area contributed by atoms with E-state index < -0.39 is 6.10 Å². The summed E-state index contributed by atoms with van der Waals surface area (Å²) < 4.78 is 11.4. The monoisotopic (exact) mass is 317 g/mol. The third kappa shape index (κ3) is 5.25. The summed E-state index contributed by atoms with van der Waals surface area (Å²) in [6.45, 7) is 4.68. The number of nitrogens with one attached hydrogen (secondary N) is 1. The summed E-state index contributed by atoms with van der Waals surface area (Å²) in [7, 11) is 1.63. The molecule has 0 aliphatic carbocycles. The van der Waals surface area contributed by atoms with Gasteiger partial charge in [-0.05, 0) is 48.0 Å². The van der Waals surface area contributed by atoms with Gasteiger partial charge in [-0.3, -0.25) is 0 Å². The van der Waals surface area contributed by atoms with E-state index in [0.717, 1.165) is 15.9 Å². The standard InChI is InChI=1S/C13H20BrNO3/c1-9(2)18-8-11(16)7-15-10-4-5-13(17-3)12(14)6-10/h4-6,9,11,15-16H,7-8H2,1-3H3. The Morgan fingerprint density at radius 3 is 2.67 bits per heavy atom. The van der Waals surface area contributed by atoms with Gasteiger partial charge in [0.2, 0.25) is 0 Å². The number of rotatable bonds is 7. The van der Waals surface area contributed by atoms with Crippen LogP contribution in [0, 0.1) is 0 Å². The van der Waals surface area contributed by atoms with Crippen LogP contribution in [0.25, 0.3) is 0 Å². The van der Waals surface area contributed by atoms with Crippen LogP contribution >= 0.6 is 15.9 Å². The molecule has 0 amide bonds. The van der Waals surface area contributed by atoms with Gasteiger partial charge in [0.05, 0.1) is 30.4 Å². The second-order valence-electron chi connectivity index (χ2n) is 4.27. The Balaban J connectivity index is 2.41. The van der Waals surface area contributed by atoms with Gasteiger partial charge in [0.25, 0.3) is 0 Å². The van der Waals surface area contributed by atoms with Crippen LogP contribution in [-0.2, 0) is 4.74 Å². The second kappa shape index (κ2) is 7.61. The maximum Gasteiger partial charge on any atom is 0.133 e. The highest BCUT2D eigenvalue weighted by atomic mass is 79.9. The number of benzene rings is 1. The minimum Gasteiger partial charge on any atom is -0.496 e. The molecule has 1 aromatic rings. The zero-order valence-corrected chi connectivity index (χ0v) is 12.5.